The summed E-state index contributed by atoms with van der Waals surface area (Å²) in [6, 6.07) is 7.95. The fraction of sp³-hybridized carbons (Fsp3) is 0.455. The number of para-hydroxylation sites is 1. The summed E-state index contributed by atoms with van der Waals surface area (Å²) in [5.74, 6) is 2.91. The van der Waals surface area contributed by atoms with Crippen molar-refractivity contribution in [1.29, 1.82) is 0 Å². The van der Waals surface area contributed by atoms with Crippen molar-refractivity contribution < 1.29 is 9.53 Å². The molecule has 28 heavy (non-hydrogen) atoms. The van der Waals surface area contributed by atoms with Crippen LogP contribution in [0.4, 0.5) is 0 Å². The van der Waals surface area contributed by atoms with Gasteiger partial charge in [-0.15, -0.1) is 5.10 Å². The van der Waals surface area contributed by atoms with Gasteiger partial charge in [-0.05, 0) is 30.9 Å². The van der Waals surface area contributed by atoms with E-state index in [1.807, 2.05) is 22.7 Å². The van der Waals surface area contributed by atoms with Crippen molar-refractivity contribution in [1.82, 2.24) is 19.6 Å². The van der Waals surface area contributed by atoms with Gasteiger partial charge in [0.15, 0.2) is 11.6 Å². The highest BCUT2D eigenvalue weighted by atomic mass is 16.5. The number of nitrogens with zero attached hydrogens (tertiary/aromatic N) is 4. The number of methoxy groups -OCH3 is 1. The molecule has 0 amide bonds. The van der Waals surface area contributed by atoms with Gasteiger partial charge in [-0.2, -0.15) is 4.98 Å². The topological polar surface area (TPSA) is 69.4 Å². The Balaban J connectivity index is 1.56. The maximum Gasteiger partial charge on any atom is 0.252 e. The molecule has 1 aromatic carbocycles. The van der Waals surface area contributed by atoms with Crippen LogP contribution >= 0.6 is 0 Å². The van der Waals surface area contributed by atoms with E-state index in [0.29, 0.717) is 23.7 Å². The van der Waals surface area contributed by atoms with Crippen LogP contribution in [-0.2, 0) is 6.42 Å². The van der Waals surface area contributed by atoms with Gasteiger partial charge in [-0.3, -0.25) is 4.79 Å². The zero-order valence-electron chi connectivity index (χ0n) is 16.1. The predicted octanol–water partition coefficient (Wildman–Crippen LogP) is 4.09. The highest BCUT2D eigenvalue weighted by Gasteiger charge is 2.31. The second-order valence-corrected chi connectivity index (χ2v) is 7.91. The minimum Gasteiger partial charge on any atom is -0.496 e. The van der Waals surface area contributed by atoms with E-state index in [1.165, 1.54) is 19.3 Å². The molecule has 3 aromatic rings. The fourth-order valence-corrected chi connectivity index (χ4v) is 4.72. The summed E-state index contributed by atoms with van der Waals surface area (Å²) in [6.07, 6.45) is 8.93. The van der Waals surface area contributed by atoms with E-state index in [9.17, 15) is 4.79 Å². The van der Waals surface area contributed by atoms with Crippen LogP contribution in [0.3, 0.4) is 0 Å². The predicted molar refractivity (Wildman–Crippen MR) is 105 cm³/mol. The third-order valence-electron chi connectivity index (χ3n) is 6.20. The molecule has 2 heterocycles. The first kappa shape index (κ1) is 17.3. The van der Waals surface area contributed by atoms with Crippen molar-refractivity contribution in [3.8, 4) is 5.75 Å². The Labute approximate surface area is 164 Å². The van der Waals surface area contributed by atoms with Gasteiger partial charge in [-0.25, -0.2) is 9.50 Å². The van der Waals surface area contributed by atoms with Gasteiger partial charge in [0.2, 0.25) is 0 Å². The van der Waals surface area contributed by atoms with Gasteiger partial charge in [0.1, 0.15) is 5.75 Å². The smallest absolute Gasteiger partial charge is 0.252 e. The molecule has 6 heteroatoms. The average molecular weight is 376 g/mol. The third kappa shape index (κ3) is 2.87. The fourth-order valence-electron chi connectivity index (χ4n) is 4.72. The molecule has 0 N–H and O–H groups in total. The highest BCUT2D eigenvalue weighted by Crippen LogP contribution is 2.37. The highest BCUT2D eigenvalue weighted by molar-refractivity contribution is 5.98. The van der Waals surface area contributed by atoms with Crippen LogP contribution in [0.25, 0.3) is 5.78 Å². The normalized spacial score (nSPS) is 20.3. The summed E-state index contributed by atoms with van der Waals surface area (Å²) in [6.45, 7) is 0. The number of rotatable bonds is 3. The molecule has 1 atom stereocenters. The number of hydrogen-bond donors (Lipinski definition) is 0. The molecule has 0 radical (unpaired) electrons. The second kappa shape index (κ2) is 7.00. The Morgan fingerprint density at radius 2 is 1.89 bits per heavy atom. The molecule has 0 spiro atoms. The molecule has 144 valence electrons. The third-order valence-corrected chi connectivity index (χ3v) is 6.20. The van der Waals surface area contributed by atoms with Gasteiger partial charge in [0.05, 0.1) is 18.4 Å². The lowest BCUT2D eigenvalue weighted by molar-refractivity contribution is 0.0961. The molecule has 0 aliphatic heterocycles. The maximum absolute atomic E-state index is 12.9. The Kier molecular flexibility index (Phi) is 4.34. The minimum absolute atomic E-state index is 0.0732. The monoisotopic (exact) mass is 376 g/mol. The molecule has 1 unspecified atom stereocenters. The Hall–Kier alpha value is -2.76. The number of ketones is 1. The number of carbonyl (C=O) groups excluding carboxylic acids is 1. The Morgan fingerprint density at radius 3 is 2.71 bits per heavy atom. The molecular weight excluding hydrogens is 352 g/mol. The van der Waals surface area contributed by atoms with Gasteiger partial charge in [0, 0.05) is 24.5 Å². The van der Waals surface area contributed by atoms with Crippen LogP contribution in [0.15, 0.2) is 30.5 Å². The van der Waals surface area contributed by atoms with Crippen LogP contribution in [0.2, 0.25) is 0 Å². The minimum atomic E-state index is 0.0732. The van der Waals surface area contributed by atoms with Crippen molar-refractivity contribution >= 4 is 11.6 Å². The van der Waals surface area contributed by atoms with Crippen molar-refractivity contribution in [3.05, 3.63) is 53.1 Å². The average Bonchev–Trinajstić information content (AvgIpc) is 3.19. The van der Waals surface area contributed by atoms with E-state index in [0.717, 1.165) is 42.1 Å². The summed E-state index contributed by atoms with van der Waals surface area (Å²) < 4.78 is 7.35. The molecule has 6 nitrogen and oxygen atoms in total. The van der Waals surface area contributed by atoms with Gasteiger partial charge < -0.3 is 4.74 Å². The lowest BCUT2D eigenvalue weighted by Crippen LogP contribution is -2.23. The van der Waals surface area contributed by atoms with Gasteiger partial charge in [-0.1, -0.05) is 37.5 Å². The number of hydrogen-bond acceptors (Lipinski definition) is 5. The number of carbonyl (C=O) groups is 1. The standard InChI is InChI=1S/C22H24N4O2/c1-28-20-10-6-5-9-16(20)15-11-18-17(19(27)12-15)13-23-22-24-21(25-26(18)22)14-7-3-2-4-8-14/h5-6,9-10,13-15H,2-4,7-8,11-12H2,1H3. The Morgan fingerprint density at radius 1 is 1.07 bits per heavy atom. The van der Waals surface area contributed by atoms with E-state index in [1.54, 1.807) is 13.3 Å². The SMILES string of the molecule is COc1ccccc1C1CC(=O)c2cnc3nc(C4CCCCC4)nn3c2C1. The van der Waals surface area contributed by atoms with E-state index in [4.69, 9.17) is 14.8 Å². The maximum atomic E-state index is 12.9. The van der Waals surface area contributed by atoms with Crippen molar-refractivity contribution in [2.24, 2.45) is 0 Å². The molecule has 1 fully saturated rings. The van der Waals surface area contributed by atoms with E-state index < -0.39 is 0 Å². The first-order chi connectivity index (χ1) is 13.7. The zero-order valence-corrected chi connectivity index (χ0v) is 16.1. The summed E-state index contributed by atoms with van der Waals surface area (Å²) in [7, 11) is 1.67. The molecular formula is C22H24N4O2. The van der Waals surface area contributed by atoms with Gasteiger partial charge in [0.25, 0.3) is 5.78 Å². The van der Waals surface area contributed by atoms with E-state index in [2.05, 4.69) is 11.1 Å². The van der Waals surface area contributed by atoms with Crippen LogP contribution in [0.1, 0.15) is 77.8 Å². The molecule has 2 aromatic heterocycles. The summed E-state index contributed by atoms with van der Waals surface area (Å²) >= 11 is 0. The lowest BCUT2D eigenvalue weighted by atomic mass is 9.82. The van der Waals surface area contributed by atoms with Crippen molar-refractivity contribution in [2.45, 2.75) is 56.8 Å². The van der Waals surface area contributed by atoms with Crippen molar-refractivity contribution in [2.75, 3.05) is 7.11 Å². The number of aromatic nitrogens is 4. The summed E-state index contributed by atoms with van der Waals surface area (Å²) in [4.78, 5) is 22.0. The zero-order chi connectivity index (χ0) is 19.1. The first-order valence-corrected chi connectivity index (χ1v) is 10.1. The molecule has 0 bridgehead atoms. The van der Waals surface area contributed by atoms with Crippen LogP contribution in [0.5, 0.6) is 5.75 Å². The summed E-state index contributed by atoms with van der Waals surface area (Å²) in [5, 5.41) is 4.81. The van der Waals surface area contributed by atoms with Crippen LogP contribution < -0.4 is 4.74 Å². The van der Waals surface area contributed by atoms with Crippen molar-refractivity contribution in [3.63, 3.8) is 0 Å². The lowest BCUT2D eigenvalue weighted by Gasteiger charge is -2.25. The quantitative estimate of drug-likeness (QED) is 0.688. The number of ether oxygens (including phenoxy) is 1. The molecule has 2 aliphatic rings. The molecule has 5 rings (SSSR count). The number of fused-ring (bicyclic) bond motifs is 3. The van der Waals surface area contributed by atoms with E-state index >= 15 is 0 Å². The number of benzene rings is 1. The molecule has 2 aliphatic carbocycles. The number of Topliss-reactive ketones (excluding diaryl/α,β-unsaturated/α-hetero) is 1. The van der Waals surface area contributed by atoms with E-state index in [-0.39, 0.29) is 11.7 Å². The largest absolute Gasteiger partial charge is 0.496 e. The van der Waals surface area contributed by atoms with Crippen LogP contribution in [-0.4, -0.2) is 32.5 Å². The first-order valence-electron chi connectivity index (χ1n) is 10.1. The molecule has 0 saturated heterocycles. The Bertz CT molecular complexity index is 1040. The van der Waals surface area contributed by atoms with Crippen LogP contribution in [0, 0.1) is 0 Å². The van der Waals surface area contributed by atoms with Gasteiger partial charge >= 0.3 is 0 Å². The summed E-state index contributed by atoms with van der Waals surface area (Å²) in [5.41, 5.74) is 2.67. The molecule has 1 saturated carbocycles. The second-order valence-electron chi connectivity index (χ2n) is 7.91.